The van der Waals surface area contributed by atoms with E-state index in [2.05, 4.69) is 6.92 Å². The normalized spacial score (nSPS) is 35.7. The zero-order chi connectivity index (χ0) is 13.6. The van der Waals surface area contributed by atoms with Crippen LogP contribution in [0.5, 0.6) is 0 Å². The highest BCUT2D eigenvalue weighted by Gasteiger charge is 2.34. The van der Waals surface area contributed by atoms with Crippen molar-refractivity contribution >= 4 is 0 Å². The summed E-state index contributed by atoms with van der Waals surface area (Å²) in [5, 5.41) is 0. The van der Waals surface area contributed by atoms with Gasteiger partial charge in [0.1, 0.15) is 0 Å². The fourth-order valence-electron chi connectivity index (χ4n) is 3.59. The molecule has 1 atom stereocenters. The van der Waals surface area contributed by atoms with Crippen molar-refractivity contribution in [1.82, 2.24) is 0 Å². The van der Waals surface area contributed by atoms with E-state index in [0.29, 0.717) is 12.6 Å². The molecule has 1 heterocycles. The number of nitrogens with two attached hydrogens (primary N) is 1. The third-order valence-corrected chi connectivity index (χ3v) is 4.96. The van der Waals surface area contributed by atoms with Crippen LogP contribution in [0.15, 0.2) is 0 Å². The first-order valence-electron chi connectivity index (χ1n) is 8.23. The quantitative estimate of drug-likeness (QED) is 0.771. The van der Waals surface area contributed by atoms with Crippen molar-refractivity contribution in [2.24, 2.45) is 11.7 Å². The largest absolute Gasteiger partial charge is 0.378 e. The van der Waals surface area contributed by atoms with Crippen LogP contribution in [0, 0.1) is 5.92 Å². The summed E-state index contributed by atoms with van der Waals surface area (Å²) in [5.41, 5.74) is 5.97. The molecule has 19 heavy (non-hydrogen) atoms. The molecule has 1 unspecified atom stereocenters. The third-order valence-electron chi connectivity index (χ3n) is 4.96. The molecule has 1 saturated heterocycles. The van der Waals surface area contributed by atoms with E-state index in [1.807, 2.05) is 0 Å². The molecule has 1 saturated carbocycles. The Hall–Kier alpha value is -0.120. The van der Waals surface area contributed by atoms with E-state index in [4.69, 9.17) is 15.2 Å². The van der Waals surface area contributed by atoms with Crippen molar-refractivity contribution in [2.75, 3.05) is 19.8 Å². The molecule has 0 spiro atoms. The highest BCUT2D eigenvalue weighted by Crippen LogP contribution is 2.36. The Balaban J connectivity index is 1.69. The molecule has 0 aromatic heterocycles. The summed E-state index contributed by atoms with van der Waals surface area (Å²) in [6, 6.07) is 0. The van der Waals surface area contributed by atoms with Crippen LogP contribution in [0.2, 0.25) is 0 Å². The number of rotatable bonds is 7. The van der Waals surface area contributed by atoms with Crippen molar-refractivity contribution in [3.8, 4) is 0 Å². The summed E-state index contributed by atoms with van der Waals surface area (Å²) < 4.78 is 11.8. The lowest BCUT2D eigenvalue weighted by molar-refractivity contribution is -0.0808. The standard InChI is InChI=1S/C16H31NO2/c1-2-4-14-6-9-16(13-17,10-7-14)19-12-8-15-5-3-11-18-15/h14-15H,2-13,17H2,1H3. The van der Waals surface area contributed by atoms with E-state index in [1.54, 1.807) is 0 Å². The fraction of sp³-hybridized carbons (Fsp3) is 1.00. The van der Waals surface area contributed by atoms with E-state index in [9.17, 15) is 0 Å². The highest BCUT2D eigenvalue weighted by atomic mass is 16.5. The smallest absolute Gasteiger partial charge is 0.0804 e. The minimum absolute atomic E-state index is 0.0250. The van der Waals surface area contributed by atoms with Gasteiger partial charge < -0.3 is 15.2 Å². The first-order chi connectivity index (χ1) is 9.28. The zero-order valence-corrected chi connectivity index (χ0v) is 12.5. The lowest BCUT2D eigenvalue weighted by Crippen LogP contribution is -2.44. The molecular formula is C16H31NO2. The minimum atomic E-state index is -0.0250. The molecule has 0 aromatic rings. The van der Waals surface area contributed by atoms with Gasteiger partial charge in [0, 0.05) is 19.8 Å². The molecule has 2 rings (SSSR count). The maximum absolute atomic E-state index is 6.20. The molecule has 0 bridgehead atoms. The summed E-state index contributed by atoms with van der Waals surface area (Å²) in [5.74, 6) is 0.909. The van der Waals surface area contributed by atoms with Gasteiger partial charge in [0.25, 0.3) is 0 Å². The Bertz CT molecular complexity index is 243. The molecule has 3 nitrogen and oxygen atoms in total. The second-order valence-electron chi connectivity index (χ2n) is 6.39. The van der Waals surface area contributed by atoms with E-state index in [0.717, 1.165) is 38.4 Å². The van der Waals surface area contributed by atoms with Gasteiger partial charge in [-0.15, -0.1) is 0 Å². The average molecular weight is 269 g/mol. The Morgan fingerprint density at radius 1 is 1.21 bits per heavy atom. The van der Waals surface area contributed by atoms with Crippen LogP contribution in [-0.2, 0) is 9.47 Å². The SMILES string of the molecule is CCCC1CCC(CN)(OCCC2CCCO2)CC1. The van der Waals surface area contributed by atoms with Gasteiger partial charge in [0.05, 0.1) is 11.7 Å². The van der Waals surface area contributed by atoms with Gasteiger partial charge in [0.15, 0.2) is 0 Å². The van der Waals surface area contributed by atoms with Gasteiger partial charge in [-0.25, -0.2) is 0 Å². The van der Waals surface area contributed by atoms with E-state index in [-0.39, 0.29) is 5.60 Å². The van der Waals surface area contributed by atoms with Crippen LogP contribution in [-0.4, -0.2) is 31.5 Å². The number of ether oxygens (including phenoxy) is 2. The van der Waals surface area contributed by atoms with Crippen LogP contribution >= 0.6 is 0 Å². The topological polar surface area (TPSA) is 44.5 Å². The molecule has 1 aliphatic heterocycles. The number of hydrogen-bond acceptors (Lipinski definition) is 3. The molecular weight excluding hydrogens is 238 g/mol. The van der Waals surface area contributed by atoms with Crippen LogP contribution in [0.25, 0.3) is 0 Å². The van der Waals surface area contributed by atoms with Crippen LogP contribution < -0.4 is 5.73 Å². The third kappa shape index (κ3) is 4.44. The molecule has 2 aliphatic rings. The molecule has 112 valence electrons. The summed E-state index contributed by atoms with van der Waals surface area (Å²) in [4.78, 5) is 0. The van der Waals surface area contributed by atoms with Crippen molar-refractivity contribution in [2.45, 2.75) is 76.4 Å². The maximum atomic E-state index is 6.20. The van der Waals surface area contributed by atoms with Gasteiger partial charge in [-0.2, -0.15) is 0 Å². The lowest BCUT2D eigenvalue weighted by atomic mass is 9.77. The Kier molecular flexibility index (Phi) is 6.11. The first-order valence-corrected chi connectivity index (χ1v) is 8.23. The van der Waals surface area contributed by atoms with Gasteiger partial charge in [0.2, 0.25) is 0 Å². The second-order valence-corrected chi connectivity index (χ2v) is 6.39. The predicted molar refractivity (Wildman–Crippen MR) is 78.2 cm³/mol. The summed E-state index contributed by atoms with van der Waals surface area (Å²) in [6.45, 7) is 4.71. The Labute approximate surface area is 118 Å². The van der Waals surface area contributed by atoms with E-state index < -0.39 is 0 Å². The highest BCUT2D eigenvalue weighted by molar-refractivity contribution is 4.88. The fourth-order valence-corrected chi connectivity index (χ4v) is 3.59. The van der Waals surface area contributed by atoms with Crippen LogP contribution in [0.4, 0.5) is 0 Å². The van der Waals surface area contributed by atoms with Crippen LogP contribution in [0.1, 0.15) is 64.7 Å². The average Bonchev–Trinajstić information content (AvgIpc) is 2.95. The second kappa shape index (κ2) is 7.61. The van der Waals surface area contributed by atoms with E-state index >= 15 is 0 Å². The monoisotopic (exact) mass is 269 g/mol. The molecule has 0 aromatic carbocycles. The van der Waals surface area contributed by atoms with Crippen molar-refractivity contribution in [1.29, 1.82) is 0 Å². The predicted octanol–water partition coefficient (Wildman–Crippen LogP) is 3.26. The molecule has 3 heteroatoms. The van der Waals surface area contributed by atoms with Gasteiger partial charge in [-0.3, -0.25) is 0 Å². The maximum Gasteiger partial charge on any atom is 0.0804 e. The van der Waals surface area contributed by atoms with Gasteiger partial charge in [-0.05, 0) is 50.9 Å². The molecule has 0 amide bonds. The zero-order valence-electron chi connectivity index (χ0n) is 12.5. The minimum Gasteiger partial charge on any atom is -0.378 e. The summed E-state index contributed by atoms with van der Waals surface area (Å²) in [6.07, 6.45) is 11.5. The molecule has 0 radical (unpaired) electrons. The lowest BCUT2D eigenvalue weighted by Gasteiger charge is -2.39. The summed E-state index contributed by atoms with van der Waals surface area (Å²) in [7, 11) is 0. The van der Waals surface area contributed by atoms with Gasteiger partial charge in [-0.1, -0.05) is 19.8 Å². The van der Waals surface area contributed by atoms with Crippen LogP contribution in [0.3, 0.4) is 0 Å². The first kappa shape index (κ1) is 15.3. The Morgan fingerprint density at radius 2 is 2.00 bits per heavy atom. The molecule has 2 fully saturated rings. The van der Waals surface area contributed by atoms with Crippen molar-refractivity contribution in [3.05, 3.63) is 0 Å². The van der Waals surface area contributed by atoms with Crippen molar-refractivity contribution in [3.63, 3.8) is 0 Å². The van der Waals surface area contributed by atoms with E-state index in [1.165, 1.54) is 38.5 Å². The molecule has 1 aliphatic carbocycles. The number of hydrogen-bond donors (Lipinski definition) is 1. The summed E-state index contributed by atoms with van der Waals surface area (Å²) >= 11 is 0. The van der Waals surface area contributed by atoms with Crippen molar-refractivity contribution < 1.29 is 9.47 Å². The Morgan fingerprint density at radius 3 is 2.58 bits per heavy atom. The van der Waals surface area contributed by atoms with Gasteiger partial charge >= 0.3 is 0 Å². The molecule has 2 N–H and O–H groups in total.